The molecule has 0 unspecified atom stereocenters. The highest BCUT2D eigenvalue weighted by Gasteiger charge is 2.17. The zero-order chi connectivity index (χ0) is 27.6. The van der Waals surface area contributed by atoms with Crippen LogP contribution in [-0.4, -0.2) is 4.98 Å². The summed E-state index contributed by atoms with van der Waals surface area (Å²) < 4.78 is 0. The summed E-state index contributed by atoms with van der Waals surface area (Å²) in [5.74, 6) is 0. The van der Waals surface area contributed by atoms with Crippen molar-refractivity contribution in [1.82, 2.24) is 4.98 Å². The first-order valence-corrected chi connectivity index (χ1v) is 14.5. The largest absolute Gasteiger partial charge is 0.256 e. The van der Waals surface area contributed by atoms with Crippen LogP contribution in [-0.2, 0) is 0 Å². The molecule has 8 aromatic carbocycles. The van der Waals surface area contributed by atoms with Crippen molar-refractivity contribution in [2.24, 2.45) is 0 Å². The number of aromatic nitrogens is 1. The molecule has 0 amide bonds. The molecule has 1 nitrogen and oxygen atoms in total. The van der Waals surface area contributed by atoms with Gasteiger partial charge in [0.15, 0.2) is 0 Å². The van der Waals surface area contributed by atoms with Gasteiger partial charge >= 0.3 is 0 Å². The number of rotatable bonds is 3. The van der Waals surface area contributed by atoms with Crippen molar-refractivity contribution in [2.75, 3.05) is 0 Å². The van der Waals surface area contributed by atoms with Gasteiger partial charge in [0.05, 0.1) is 5.69 Å². The lowest BCUT2D eigenvalue weighted by molar-refractivity contribution is 1.34. The SMILES string of the molecule is c1ccc(-c2c3ccccc3c(-c3ccc(-c4ccc5ccc6cccc7ccc4c5c67)cc3)c3ccccc23)nc1. The van der Waals surface area contributed by atoms with Crippen molar-refractivity contribution in [2.45, 2.75) is 0 Å². The number of pyridine rings is 1. The van der Waals surface area contributed by atoms with Crippen LogP contribution in [0.2, 0.25) is 0 Å². The first-order valence-electron chi connectivity index (χ1n) is 14.5. The van der Waals surface area contributed by atoms with E-state index < -0.39 is 0 Å². The summed E-state index contributed by atoms with van der Waals surface area (Å²) in [7, 11) is 0. The van der Waals surface area contributed by atoms with E-state index in [0.29, 0.717) is 0 Å². The molecule has 0 aliphatic carbocycles. The Morgan fingerprint density at radius 1 is 0.333 bits per heavy atom. The fourth-order valence-electron chi connectivity index (χ4n) is 7.03. The minimum absolute atomic E-state index is 1.00. The number of benzene rings is 8. The predicted octanol–water partition coefficient (Wildman–Crippen LogP) is 11.3. The van der Waals surface area contributed by atoms with Crippen LogP contribution in [0.3, 0.4) is 0 Å². The molecule has 0 bridgehead atoms. The summed E-state index contributed by atoms with van der Waals surface area (Å²) in [4.78, 5) is 4.75. The van der Waals surface area contributed by atoms with E-state index >= 15 is 0 Å². The molecule has 0 aliphatic rings. The van der Waals surface area contributed by atoms with Crippen LogP contribution >= 0.6 is 0 Å². The first kappa shape index (κ1) is 23.2. The summed E-state index contributed by atoms with van der Waals surface area (Å²) >= 11 is 0. The zero-order valence-corrected chi connectivity index (χ0v) is 22.9. The fraction of sp³-hybridized carbons (Fsp3) is 0. The number of fused-ring (bicyclic) bond motifs is 2. The van der Waals surface area contributed by atoms with Crippen molar-refractivity contribution < 1.29 is 0 Å². The molecule has 0 radical (unpaired) electrons. The molecule has 1 heteroatoms. The normalized spacial score (nSPS) is 11.8. The lowest BCUT2D eigenvalue weighted by atomic mass is 9.86. The maximum atomic E-state index is 4.75. The topological polar surface area (TPSA) is 12.9 Å². The third-order valence-corrected chi connectivity index (χ3v) is 8.87. The van der Waals surface area contributed by atoms with Gasteiger partial charge in [-0.15, -0.1) is 0 Å². The van der Waals surface area contributed by atoms with Gasteiger partial charge in [0, 0.05) is 11.8 Å². The molecule has 42 heavy (non-hydrogen) atoms. The average Bonchev–Trinajstić information content (AvgIpc) is 3.06. The van der Waals surface area contributed by atoms with E-state index in [1.54, 1.807) is 0 Å². The lowest BCUT2D eigenvalue weighted by Gasteiger charge is -2.18. The summed E-state index contributed by atoms with van der Waals surface area (Å²) in [5.41, 5.74) is 7.18. The van der Waals surface area contributed by atoms with Gasteiger partial charge in [0.25, 0.3) is 0 Å². The van der Waals surface area contributed by atoms with Crippen molar-refractivity contribution >= 4 is 53.9 Å². The van der Waals surface area contributed by atoms with Crippen LogP contribution in [0, 0.1) is 0 Å². The van der Waals surface area contributed by atoms with Gasteiger partial charge in [-0.25, -0.2) is 0 Å². The van der Waals surface area contributed by atoms with E-state index in [-0.39, 0.29) is 0 Å². The van der Waals surface area contributed by atoms with E-state index in [9.17, 15) is 0 Å². The van der Waals surface area contributed by atoms with Gasteiger partial charge in [-0.2, -0.15) is 0 Å². The Hall–Kier alpha value is -5.53. The maximum Gasteiger partial charge on any atom is 0.0714 e. The highest BCUT2D eigenvalue weighted by molar-refractivity contribution is 6.25. The van der Waals surface area contributed by atoms with Crippen molar-refractivity contribution in [3.63, 3.8) is 0 Å². The minimum atomic E-state index is 1.00. The van der Waals surface area contributed by atoms with Gasteiger partial charge in [0.2, 0.25) is 0 Å². The predicted molar refractivity (Wildman–Crippen MR) is 179 cm³/mol. The maximum absolute atomic E-state index is 4.75. The lowest BCUT2D eigenvalue weighted by Crippen LogP contribution is -1.92. The van der Waals surface area contributed by atoms with Crippen LogP contribution in [0.4, 0.5) is 0 Å². The zero-order valence-electron chi connectivity index (χ0n) is 22.9. The van der Waals surface area contributed by atoms with E-state index in [4.69, 9.17) is 4.98 Å². The molecular weight excluding hydrogens is 506 g/mol. The van der Waals surface area contributed by atoms with Crippen LogP contribution in [0.5, 0.6) is 0 Å². The van der Waals surface area contributed by atoms with Crippen molar-refractivity contribution in [3.05, 3.63) is 152 Å². The van der Waals surface area contributed by atoms with Crippen LogP contribution in [0.15, 0.2) is 152 Å². The molecule has 0 N–H and O–H groups in total. The van der Waals surface area contributed by atoms with Gasteiger partial charge in [-0.1, -0.05) is 133 Å². The Balaban J connectivity index is 1.26. The Labute approximate surface area is 243 Å². The van der Waals surface area contributed by atoms with Gasteiger partial charge < -0.3 is 0 Å². The second-order valence-corrected chi connectivity index (χ2v) is 11.1. The molecular formula is C41H25N. The van der Waals surface area contributed by atoms with E-state index in [1.807, 2.05) is 12.3 Å². The second-order valence-electron chi connectivity index (χ2n) is 11.1. The molecule has 0 aliphatic heterocycles. The summed E-state index contributed by atoms with van der Waals surface area (Å²) in [6, 6.07) is 53.0. The first-order chi connectivity index (χ1) is 20.8. The third-order valence-electron chi connectivity index (χ3n) is 8.87. The molecule has 0 fully saturated rings. The van der Waals surface area contributed by atoms with Crippen LogP contribution < -0.4 is 0 Å². The smallest absolute Gasteiger partial charge is 0.0714 e. The Bertz CT molecular complexity index is 2360. The number of hydrogen-bond acceptors (Lipinski definition) is 1. The number of nitrogens with zero attached hydrogens (tertiary/aromatic N) is 1. The average molecular weight is 532 g/mol. The van der Waals surface area contributed by atoms with E-state index in [1.165, 1.54) is 81.7 Å². The third kappa shape index (κ3) is 3.34. The molecule has 0 saturated heterocycles. The minimum Gasteiger partial charge on any atom is -0.256 e. The summed E-state index contributed by atoms with van der Waals surface area (Å²) in [5, 5.41) is 12.8. The molecule has 0 spiro atoms. The van der Waals surface area contributed by atoms with Crippen LogP contribution in [0.1, 0.15) is 0 Å². The molecule has 1 aromatic heterocycles. The second kappa shape index (κ2) is 8.99. The highest BCUT2D eigenvalue weighted by atomic mass is 14.7. The number of hydrogen-bond donors (Lipinski definition) is 0. The molecule has 0 atom stereocenters. The van der Waals surface area contributed by atoms with E-state index in [2.05, 4.69) is 140 Å². The van der Waals surface area contributed by atoms with Gasteiger partial charge in [-0.05, 0) is 88.2 Å². The Morgan fingerprint density at radius 3 is 1.52 bits per heavy atom. The van der Waals surface area contributed by atoms with E-state index in [0.717, 1.165) is 5.69 Å². The van der Waals surface area contributed by atoms with Crippen LogP contribution in [0.25, 0.3) is 87.4 Å². The van der Waals surface area contributed by atoms with Crippen molar-refractivity contribution in [3.8, 4) is 33.5 Å². The summed E-state index contributed by atoms with van der Waals surface area (Å²) in [6.07, 6.45) is 1.88. The molecule has 1 heterocycles. The molecule has 0 saturated carbocycles. The van der Waals surface area contributed by atoms with Crippen molar-refractivity contribution in [1.29, 1.82) is 0 Å². The highest BCUT2D eigenvalue weighted by Crippen LogP contribution is 2.44. The standard InChI is InChI=1S/C41H25N/c1-3-12-34-32(10-1)39(33-11-2-4-13-35(33)41(34)37-14-5-6-25-42-37)29-17-15-26(16-18-29)31-23-21-30-20-19-27-8-7-9-28-22-24-36(31)40(30)38(27)28/h1-25H. The summed E-state index contributed by atoms with van der Waals surface area (Å²) in [6.45, 7) is 0. The fourth-order valence-corrected chi connectivity index (χ4v) is 7.03. The monoisotopic (exact) mass is 531 g/mol. The quantitative estimate of drug-likeness (QED) is 0.163. The molecule has 9 aromatic rings. The Kier molecular flexibility index (Phi) is 4.97. The van der Waals surface area contributed by atoms with Gasteiger partial charge in [0.1, 0.15) is 0 Å². The molecule has 194 valence electrons. The van der Waals surface area contributed by atoms with Gasteiger partial charge in [-0.3, -0.25) is 4.98 Å². The molecule has 9 rings (SSSR count). The Morgan fingerprint density at radius 2 is 0.881 bits per heavy atom.